The first-order chi connectivity index (χ1) is 14.2. The molecule has 3 rings (SSSR count). The summed E-state index contributed by atoms with van der Waals surface area (Å²) in [7, 11) is 2.99. The van der Waals surface area contributed by atoms with Gasteiger partial charge in [0, 0.05) is 5.56 Å². The first-order valence-electron chi connectivity index (χ1n) is 8.33. The van der Waals surface area contributed by atoms with Crippen molar-refractivity contribution in [2.75, 3.05) is 19.1 Å². The van der Waals surface area contributed by atoms with Gasteiger partial charge in [-0.1, -0.05) is 24.0 Å². The standard InChI is InChI=1S/C20H15NO7S2/c1-27-14-3-4-15(28-2)10(8-14)9-16-17(22)21(20(29)30-16)13-6-11(18(23)24)5-12(7-13)19(25)26/h3-9H,1-2H3,(H,23,24)(H,25,26)/p-2. The number of thioether (sulfide) groups is 1. The topological polar surface area (TPSA) is 119 Å². The number of carboxylic acid groups (broad SMARTS) is 2. The summed E-state index contributed by atoms with van der Waals surface area (Å²) in [5.74, 6) is -2.69. The van der Waals surface area contributed by atoms with E-state index in [2.05, 4.69) is 0 Å². The lowest BCUT2D eigenvalue weighted by atomic mass is 10.1. The van der Waals surface area contributed by atoms with Crippen LogP contribution in [0.4, 0.5) is 5.69 Å². The Hall–Kier alpha value is -3.37. The summed E-state index contributed by atoms with van der Waals surface area (Å²) in [6, 6.07) is 8.18. The van der Waals surface area contributed by atoms with E-state index in [1.165, 1.54) is 14.2 Å². The SMILES string of the molecule is COc1ccc(OC)c(C=C2SC(=S)N(c3cc(C(=O)[O-])cc(C(=O)[O-])c3)C2=O)c1. The number of nitrogens with zero attached hydrogens (tertiary/aromatic N) is 1. The molecule has 0 aromatic heterocycles. The van der Waals surface area contributed by atoms with Gasteiger partial charge in [0.15, 0.2) is 4.32 Å². The number of ether oxygens (including phenoxy) is 2. The van der Waals surface area contributed by atoms with Gasteiger partial charge in [-0.15, -0.1) is 0 Å². The van der Waals surface area contributed by atoms with E-state index in [4.69, 9.17) is 21.7 Å². The van der Waals surface area contributed by atoms with Crippen molar-refractivity contribution in [1.82, 2.24) is 0 Å². The maximum atomic E-state index is 13.0. The zero-order valence-corrected chi connectivity index (χ0v) is 17.3. The Kier molecular flexibility index (Phi) is 6.09. The minimum atomic E-state index is -1.60. The van der Waals surface area contributed by atoms with Gasteiger partial charge in [0.05, 0.1) is 36.8 Å². The van der Waals surface area contributed by atoms with E-state index in [0.717, 1.165) is 34.9 Å². The number of thiocarbonyl (C=S) groups is 1. The van der Waals surface area contributed by atoms with E-state index in [0.29, 0.717) is 17.1 Å². The lowest BCUT2D eigenvalue weighted by Crippen LogP contribution is -2.30. The Morgan fingerprint density at radius 1 is 1.03 bits per heavy atom. The number of rotatable bonds is 6. The fraction of sp³-hybridized carbons (Fsp3) is 0.100. The zero-order chi connectivity index (χ0) is 22.0. The zero-order valence-electron chi connectivity index (χ0n) is 15.7. The fourth-order valence-electron chi connectivity index (χ4n) is 2.76. The number of carboxylic acids is 2. The molecule has 0 bridgehead atoms. The molecule has 1 amide bonds. The van der Waals surface area contributed by atoms with Gasteiger partial charge in [-0.05, 0) is 53.6 Å². The lowest BCUT2D eigenvalue weighted by molar-refractivity contribution is -0.255. The van der Waals surface area contributed by atoms with Crippen LogP contribution in [0.1, 0.15) is 26.3 Å². The molecule has 1 heterocycles. The molecule has 8 nitrogen and oxygen atoms in total. The maximum absolute atomic E-state index is 13.0. The van der Waals surface area contributed by atoms with Gasteiger partial charge in [-0.25, -0.2) is 0 Å². The molecule has 1 saturated heterocycles. The Bertz CT molecular complexity index is 1080. The van der Waals surface area contributed by atoms with Crippen molar-refractivity contribution in [3.63, 3.8) is 0 Å². The molecule has 0 spiro atoms. The monoisotopic (exact) mass is 443 g/mol. The van der Waals surface area contributed by atoms with Crippen LogP contribution in [0.25, 0.3) is 6.08 Å². The van der Waals surface area contributed by atoms with E-state index in [-0.39, 0.29) is 14.9 Å². The summed E-state index contributed by atoms with van der Waals surface area (Å²) in [5.41, 5.74) is -0.283. The molecule has 0 N–H and O–H groups in total. The van der Waals surface area contributed by atoms with Crippen LogP contribution < -0.4 is 24.6 Å². The molecule has 0 aliphatic carbocycles. The van der Waals surface area contributed by atoms with Crippen molar-refractivity contribution in [2.24, 2.45) is 0 Å². The van der Waals surface area contributed by atoms with Gasteiger partial charge in [-0.3, -0.25) is 9.69 Å². The number of methoxy groups -OCH3 is 2. The molecular weight excluding hydrogens is 430 g/mol. The maximum Gasteiger partial charge on any atom is 0.270 e. The molecule has 154 valence electrons. The number of carbonyl (C=O) groups excluding carboxylic acids is 3. The number of benzene rings is 2. The van der Waals surface area contributed by atoms with Crippen LogP contribution in [-0.2, 0) is 4.79 Å². The second-order valence-corrected chi connectivity index (χ2v) is 7.64. The third-order valence-electron chi connectivity index (χ3n) is 4.16. The number of aromatic carboxylic acids is 2. The average Bonchev–Trinajstić information content (AvgIpc) is 3.00. The second-order valence-electron chi connectivity index (χ2n) is 5.97. The molecule has 1 aliphatic heterocycles. The summed E-state index contributed by atoms with van der Waals surface area (Å²) in [4.78, 5) is 36.8. The van der Waals surface area contributed by atoms with E-state index < -0.39 is 29.0 Å². The van der Waals surface area contributed by atoms with Gasteiger partial charge in [-0.2, -0.15) is 0 Å². The highest BCUT2D eigenvalue weighted by Crippen LogP contribution is 2.38. The van der Waals surface area contributed by atoms with Gasteiger partial charge in [0.25, 0.3) is 5.91 Å². The average molecular weight is 443 g/mol. The van der Waals surface area contributed by atoms with E-state index in [1.807, 2.05) is 0 Å². The highest BCUT2D eigenvalue weighted by molar-refractivity contribution is 8.27. The van der Waals surface area contributed by atoms with Gasteiger partial charge >= 0.3 is 0 Å². The van der Waals surface area contributed by atoms with Crippen LogP contribution in [0.3, 0.4) is 0 Å². The van der Waals surface area contributed by atoms with Gasteiger partial charge < -0.3 is 29.3 Å². The van der Waals surface area contributed by atoms with E-state index in [1.54, 1.807) is 24.3 Å². The Morgan fingerprint density at radius 2 is 1.67 bits per heavy atom. The first-order valence-corrected chi connectivity index (χ1v) is 9.55. The van der Waals surface area contributed by atoms with Crippen molar-refractivity contribution < 1.29 is 34.1 Å². The van der Waals surface area contributed by atoms with E-state index in [9.17, 15) is 24.6 Å². The van der Waals surface area contributed by atoms with Crippen molar-refractivity contribution in [3.05, 3.63) is 58.0 Å². The molecule has 2 aromatic rings. The summed E-state index contributed by atoms with van der Waals surface area (Å²) >= 11 is 6.24. The molecule has 10 heteroatoms. The number of amides is 1. The summed E-state index contributed by atoms with van der Waals surface area (Å²) in [5, 5.41) is 22.5. The smallest absolute Gasteiger partial charge is 0.270 e. The molecule has 0 saturated carbocycles. The minimum absolute atomic E-state index is 0.0144. The van der Waals surface area contributed by atoms with Crippen molar-refractivity contribution in [3.8, 4) is 11.5 Å². The van der Waals surface area contributed by atoms with E-state index >= 15 is 0 Å². The van der Waals surface area contributed by atoms with Crippen LogP contribution in [0.5, 0.6) is 11.5 Å². The Labute approximate surface area is 180 Å². The summed E-state index contributed by atoms with van der Waals surface area (Å²) < 4.78 is 10.6. The number of hydrogen-bond donors (Lipinski definition) is 0. The predicted molar refractivity (Wildman–Crippen MR) is 110 cm³/mol. The normalized spacial score (nSPS) is 14.9. The van der Waals surface area contributed by atoms with Gasteiger partial charge in [0.2, 0.25) is 0 Å². The highest BCUT2D eigenvalue weighted by atomic mass is 32.2. The molecule has 0 unspecified atom stereocenters. The molecular formula is C20H13NO7S2-2. The minimum Gasteiger partial charge on any atom is -0.545 e. The van der Waals surface area contributed by atoms with Crippen LogP contribution in [0, 0.1) is 0 Å². The summed E-state index contributed by atoms with van der Waals surface area (Å²) in [6.45, 7) is 0. The first kappa shape index (κ1) is 21.3. The molecule has 0 radical (unpaired) electrons. The number of anilines is 1. The number of hydrogen-bond acceptors (Lipinski definition) is 9. The molecule has 1 fully saturated rings. The third kappa shape index (κ3) is 4.14. The number of carbonyl (C=O) groups is 3. The fourth-order valence-corrected chi connectivity index (χ4v) is 4.05. The van der Waals surface area contributed by atoms with Crippen LogP contribution in [-0.4, -0.2) is 36.4 Å². The Balaban J connectivity index is 2.05. The van der Waals surface area contributed by atoms with Gasteiger partial charge in [0.1, 0.15) is 11.5 Å². The second kappa shape index (κ2) is 8.56. The molecule has 2 aromatic carbocycles. The Morgan fingerprint density at radius 3 is 2.20 bits per heavy atom. The van der Waals surface area contributed by atoms with Crippen LogP contribution >= 0.6 is 24.0 Å². The lowest BCUT2D eigenvalue weighted by Gasteiger charge is -2.18. The third-order valence-corrected chi connectivity index (χ3v) is 5.47. The largest absolute Gasteiger partial charge is 0.545 e. The molecule has 1 aliphatic rings. The quantitative estimate of drug-likeness (QED) is 0.472. The molecule has 30 heavy (non-hydrogen) atoms. The predicted octanol–water partition coefficient (Wildman–Crippen LogP) is 0.837. The molecule has 0 atom stereocenters. The van der Waals surface area contributed by atoms with Crippen molar-refractivity contribution in [2.45, 2.75) is 0 Å². The van der Waals surface area contributed by atoms with Crippen molar-refractivity contribution >= 4 is 57.9 Å². The van der Waals surface area contributed by atoms with Crippen LogP contribution in [0.2, 0.25) is 0 Å². The summed E-state index contributed by atoms with van der Waals surface area (Å²) in [6.07, 6.45) is 1.56. The van der Waals surface area contributed by atoms with Crippen LogP contribution in [0.15, 0.2) is 41.3 Å². The van der Waals surface area contributed by atoms with Crippen molar-refractivity contribution in [1.29, 1.82) is 0 Å². The highest BCUT2D eigenvalue weighted by Gasteiger charge is 2.34.